The first-order chi connectivity index (χ1) is 6.22. The van der Waals surface area contributed by atoms with Crippen LogP contribution in [-0.4, -0.2) is 34.5 Å². The molecular weight excluding hydrogens is 190 g/mol. The Morgan fingerprint density at radius 2 is 2.54 bits per heavy atom. The normalized spacial score (nSPS) is 30.8. The molecule has 13 heavy (non-hydrogen) atoms. The largest absolute Gasteiger partial charge is 0.468 e. The number of fused-ring (bicyclic) bond motifs is 1. The van der Waals surface area contributed by atoms with E-state index >= 15 is 0 Å². The highest BCUT2D eigenvalue weighted by Gasteiger charge is 2.40. The number of thioether (sulfide) groups is 1. The summed E-state index contributed by atoms with van der Waals surface area (Å²) in [6.45, 7) is 0. The predicted molar refractivity (Wildman–Crippen MR) is 47.8 cm³/mol. The number of esters is 1. The van der Waals surface area contributed by atoms with Gasteiger partial charge in [-0.15, -0.1) is 11.8 Å². The molecule has 5 heteroatoms. The summed E-state index contributed by atoms with van der Waals surface area (Å²) >= 11 is 1.46. The Hall–Kier alpha value is -0.970. The number of hydrogen-bond donors (Lipinski definition) is 0. The van der Waals surface area contributed by atoms with E-state index in [0.717, 1.165) is 0 Å². The van der Waals surface area contributed by atoms with Gasteiger partial charge in [-0.25, -0.2) is 0 Å². The lowest BCUT2D eigenvalue weighted by atomic mass is 10.2. The molecule has 1 amide bonds. The number of β-lactam (4-membered cyclic amide) rings is 1. The van der Waals surface area contributed by atoms with Gasteiger partial charge in [-0.05, 0) is 6.08 Å². The standard InChI is InChI=1S/C8H9NO3S/c1-12-8(11)5-2-3-9-6(10)4-7(9)13-5/h2-3,5,7H,4H2,1H3/t5?,7-/m1/s1. The quantitative estimate of drug-likeness (QED) is 0.451. The van der Waals surface area contributed by atoms with E-state index < -0.39 is 0 Å². The first kappa shape index (κ1) is 8.62. The third kappa shape index (κ3) is 1.33. The zero-order chi connectivity index (χ0) is 9.42. The van der Waals surface area contributed by atoms with E-state index in [1.165, 1.54) is 18.9 Å². The van der Waals surface area contributed by atoms with Crippen LogP contribution in [0.5, 0.6) is 0 Å². The van der Waals surface area contributed by atoms with Gasteiger partial charge in [0.15, 0.2) is 0 Å². The molecule has 2 heterocycles. The Morgan fingerprint density at radius 3 is 3.08 bits per heavy atom. The Balaban J connectivity index is 2.05. The molecule has 0 spiro atoms. The second kappa shape index (κ2) is 3.06. The summed E-state index contributed by atoms with van der Waals surface area (Å²) < 4.78 is 4.61. The number of carbonyl (C=O) groups is 2. The topological polar surface area (TPSA) is 46.6 Å². The highest BCUT2D eigenvalue weighted by Crippen LogP contribution is 2.37. The van der Waals surface area contributed by atoms with Crippen LogP contribution >= 0.6 is 11.8 Å². The fourth-order valence-electron chi connectivity index (χ4n) is 1.33. The monoisotopic (exact) mass is 199 g/mol. The molecule has 0 N–H and O–H groups in total. The molecule has 4 nitrogen and oxygen atoms in total. The maximum Gasteiger partial charge on any atom is 0.322 e. The molecule has 0 saturated carbocycles. The highest BCUT2D eigenvalue weighted by atomic mass is 32.2. The van der Waals surface area contributed by atoms with Crippen molar-refractivity contribution in [3.05, 3.63) is 12.3 Å². The average molecular weight is 199 g/mol. The molecule has 0 radical (unpaired) electrons. The number of amides is 1. The first-order valence-electron chi connectivity index (χ1n) is 3.95. The first-order valence-corrected chi connectivity index (χ1v) is 4.89. The van der Waals surface area contributed by atoms with Crippen LogP contribution in [0.4, 0.5) is 0 Å². The summed E-state index contributed by atoms with van der Waals surface area (Å²) in [6, 6.07) is 0. The lowest BCUT2D eigenvalue weighted by molar-refractivity contribution is -0.141. The van der Waals surface area contributed by atoms with E-state index in [1.54, 1.807) is 17.2 Å². The number of carbonyl (C=O) groups excluding carboxylic acids is 2. The summed E-state index contributed by atoms with van der Waals surface area (Å²) in [5, 5.41) is -0.110. The van der Waals surface area contributed by atoms with Crippen LogP contribution in [0.15, 0.2) is 12.3 Å². The summed E-state index contributed by atoms with van der Waals surface area (Å²) in [7, 11) is 1.37. The average Bonchev–Trinajstić information content (AvgIpc) is 2.14. The minimum absolute atomic E-state index is 0.122. The van der Waals surface area contributed by atoms with Gasteiger partial charge in [0.2, 0.25) is 5.91 Å². The van der Waals surface area contributed by atoms with Gasteiger partial charge in [0.05, 0.1) is 18.9 Å². The number of methoxy groups -OCH3 is 1. The molecule has 0 aromatic heterocycles. The second-order valence-electron chi connectivity index (χ2n) is 2.88. The van der Waals surface area contributed by atoms with Crippen molar-refractivity contribution in [2.24, 2.45) is 0 Å². The minimum Gasteiger partial charge on any atom is -0.468 e. The maximum atomic E-state index is 11.1. The van der Waals surface area contributed by atoms with Crippen molar-refractivity contribution in [3.8, 4) is 0 Å². The van der Waals surface area contributed by atoms with Gasteiger partial charge < -0.3 is 9.64 Å². The molecule has 1 saturated heterocycles. The minimum atomic E-state index is -0.251. The zero-order valence-electron chi connectivity index (χ0n) is 7.10. The van der Waals surface area contributed by atoms with Crippen molar-refractivity contribution in [2.75, 3.05) is 7.11 Å². The van der Waals surface area contributed by atoms with Crippen LogP contribution in [0.25, 0.3) is 0 Å². The van der Waals surface area contributed by atoms with Crippen LogP contribution < -0.4 is 0 Å². The van der Waals surface area contributed by atoms with Gasteiger partial charge in [-0.2, -0.15) is 0 Å². The van der Waals surface area contributed by atoms with Crippen LogP contribution in [0, 0.1) is 0 Å². The van der Waals surface area contributed by atoms with E-state index in [0.29, 0.717) is 6.42 Å². The lowest BCUT2D eigenvalue weighted by Crippen LogP contribution is -2.50. The number of ether oxygens (including phenoxy) is 1. The summed E-state index contributed by atoms with van der Waals surface area (Å²) in [6.07, 6.45) is 3.90. The maximum absolute atomic E-state index is 11.1. The lowest BCUT2D eigenvalue weighted by Gasteiger charge is -2.41. The van der Waals surface area contributed by atoms with Crippen LogP contribution in [-0.2, 0) is 14.3 Å². The second-order valence-corrected chi connectivity index (χ2v) is 4.21. The SMILES string of the molecule is COC(=O)C1C=CN2C(=O)C[C@H]2S1. The Morgan fingerprint density at radius 1 is 1.77 bits per heavy atom. The van der Waals surface area contributed by atoms with Crippen LogP contribution in [0.3, 0.4) is 0 Å². The van der Waals surface area contributed by atoms with Gasteiger partial charge >= 0.3 is 5.97 Å². The summed E-state index contributed by atoms with van der Waals surface area (Å²) in [5.41, 5.74) is 0. The Bertz CT molecular complexity index is 289. The molecule has 0 bridgehead atoms. The number of nitrogens with zero attached hydrogens (tertiary/aromatic N) is 1. The van der Waals surface area contributed by atoms with Crippen molar-refractivity contribution >= 4 is 23.6 Å². The molecule has 0 aliphatic carbocycles. The van der Waals surface area contributed by atoms with E-state index in [4.69, 9.17) is 0 Å². The van der Waals surface area contributed by atoms with Gasteiger partial charge in [0, 0.05) is 6.20 Å². The van der Waals surface area contributed by atoms with Gasteiger partial charge in [0.1, 0.15) is 5.25 Å². The highest BCUT2D eigenvalue weighted by molar-refractivity contribution is 8.01. The molecule has 0 aromatic carbocycles. The van der Waals surface area contributed by atoms with E-state index in [9.17, 15) is 9.59 Å². The van der Waals surface area contributed by atoms with Crippen molar-refractivity contribution in [1.29, 1.82) is 0 Å². The van der Waals surface area contributed by atoms with Gasteiger partial charge in [-0.3, -0.25) is 9.59 Å². The van der Waals surface area contributed by atoms with Crippen LogP contribution in [0.1, 0.15) is 6.42 Å². The van der Waals surface area contributed by atoms with E-state index in [2.05, 4.69) is 4.74 Å². The molecule has 2 aliphatic rings. The Labute approximate surface area is 79.9 Å². The molecular formula is C8H9NO3S. The molecule has 2 atom stereocenters. The van der Waals surface area contributed by atoms with Gasteiger partial charge in [-0.1, -0.05) is 0 Å². The van der Waals surface area contributed by atoms with Crippen molar-refractivity contribution < 1.29 is 14.3 Å². The molecule has 2 aliphatic heterocycles. The fraction of sp³-hybridized carbons (Fsp3) is 0.500. The zero-order valence-corrected chi connectivity index (χ0v) is 7.91. The molecule has 2 rings (SSSR count). The van der Waals surface area contributed by atoms with Crippen LogP contribution in [0.2, 0.25) is 0 Å². The molecule has 0 aromatic rings. The number of hydrogen-bond acceptors (Lipinski definition) is 4. The van der Waals surface area contributed by atoms with Crippen molar-refractivity contribution in [1.82, 2.24) is 4.90 Å². The van der Waals surface area contributed by atoms with E-state index in [-0.39, 0.29) is 22.5 Å². The Kier molecular flexibility index (Phi) is 2.03. The van der Waals surface area contributed by atoms with E-state index in [1.807, 2.05) is 0 Å². The summed E-state index contributed by atoms with van der Waals surface area (Å²) in [5.74, 6) is -0.127. The molecule has 1 unspecified atom stereocenters. The van der Waals surface area contributed by atoms with Crippen molar-refractivity contribution in [2.45, 2.75) is 17.0 Å². The number of rotatable bonds is 1. The molecule has 70 valence electrons. The fourth-order valence-corrected chi connectivity index (χ4v) is 2.59. The third-order valence-corrected chi connectivity index (χ3v) is 3.46. The smallest absolute Gasteiger partial charge is 0.322 e. The molecule has 1 fully saturated rings. The predicted octanol–water partition coefficient (Wildman–Crippen LogP) is 0.347. The van der Waals surface area contributed by atoms with Crippen molar-refractivity contribution in [3.63, 3.8) is 0 Å². The van der Waals surface area contributed by atoms with Gasteiger partial charge in [0.25, 0.3) is 0 Å². The summed E-state index contributed by atoms with van der Waals surface area (Å²) in [4.78, 5) is 23.7. The third-order valence-electron chi connectivity index (χ3n) is 2.11.